The summed E-state index contributed by atoms with van der Waals surface area (Å²) in [5, 5.41) is 8.43. The van der Waals surface area contributed by atoms with Gasteiger partial charge < -0.3 is 5.73 Å². The fourth-order valence-corrected chi connectivity index (χ4v) is 0.767. The third kappa shape index (κ3) is 1.26. The van der Waals surface area contributed by atoms with Crippen molar-refractivity contribution in [2.75, 3.05) is 0 Å². The molecular formula is C8H8N2. The number of nitrogens with two attached hydrogens (primary N) is 1. The molecule has 1 aliphatic rings. The molecule has 0 amide bonds. The van der Waals surface area contributed by atoms with E-state index in [9.17, 15) is 0 Å². The summed E-state index contributed by atoms with van der Waals surface area (Å²) in [6, 6.07) is 2.05. The largest absolute Gasteiger partial charge is 0.404 e. The minimum absolute atomic E-state index is 0.714. The second-order valence-corrected chi connectivity index (χ2v) is 2.05. The Morgan fingerprint density at radius 1 is 1.60 bits per heavy atom. The summed E-state index contributed by atoms with van der Waals surface area (Å²) in [7, 11) is 0. The van der Waals surface area contributed by atoms with E-state index in [-0.39, 0.29) is 0 Å². The number of hydrogen-bond acceptors (Lipinski definition) is 2. The van der Waals surface area contributed by atoms with E-state index in [2.05, 4.69) is 6.07 Å². The topological polar surface area (TPSA) is 49.8 Å². The highest BCUT2D eigenvalue weighted by atomic mass is 14.5. The molecule has 0 spiro atoms. The lowest BCUT2D eigenvalue weighted by molar-refractivity contribution is 1.22. The molecule has 0 atom stereocenters. The highest BCUT2D eigenvalue weighted by Gasteiger charge is 1.97. The molecule has 1 aliphatic carbocycles. The van der Waals surface area contributed by atoms with Gasteiger partial charge in [0, 0.05) is 5.57 Å². The van der Waals surface area contributed by atoms with E-state index in [0.717, 1.165) is 12.0 Å². The molecule has 1 rings (SSSR count). The number of nitrogens with zero attached hydrogens (tertiary/aromatic N) is 1. The van der Waals surface area contributed by atoms with Crippen molar-refractivity contribution in [1.29, 1.82) is 5.26 Å². The Morgan fingerprint density at radius 2 is 2.40 bits per heavy atom. The van der Waals surface area contributed by atoms with Crippen LogP contribution in [0.5, 0.6) is 0 Å². The number of allylic oxidation sites excluding steroid dienone is 5. The molecule has 0 saturated carbocycles. The average Bonchev–Trinajstić information content (AvgIpc) is 2.05. The van der Waals surface area contributed by atoms with Crippen LogP contribution in [0.15, 0.2) is 35.6 Å². The van der Waals surface area contributed by atoms with Crippen LogP contribution in [0.1, 0.15) is 6.42 Å². The second kappa shape index (κ2) is 2.88. The van der Waals surface area contributed by atoms with Crippen LogP contribution in [0.2, 0.25) is 0 Å². The first-order chi connectivity index (χ1) is 4.86. The van der Waals surface area contributed by atoms with Crippen molar-refractivity contribution >= 4 is 0 Å². The molecule has 0 bridgehead atoms. The Bertz CT molecular complexity index is 251. The van der Waals surface area contributed by atoms with Crippen molar-refractivity contribution in [1.82, 2.24) is 0 Å². The normalized spacial score (nSPS) is 20.3. The highest BCUT2D eigenvalue weighted by molar-refractivity contribution is 5.42. The molecule has 2 N–H and O–H groups in total. The van der Waals surface area contributed by atoms with Gasteiger partial charge in [-0.3, -0.25) is 0 Å². The zero-order chi connectivity index (χ0) is 7.40. The summed E-state index contributed by atoms with van der Waals surface area (Å²) >= 11 is 0. The average molecular weight is 132 g/mol. The maximum atomic E-state index is 8.43. The lowest BCUT2D eigenvalue weighted by atomic mass is 10.0. The van der Waals surface area contributed by atoms with E-state index >= 15 is 0 Å². The third-order valence-corrected chi connectivity index (χ3v) is 1.38. The summed E-state index contributed by atoms with van der Waals surface area (Å²) in [5.41, 5.74) is 7.03. The highest BCUT2D eigenvalue weighted by Crippen LogP contribution is 2.12. The quantitative estimate of drug-likeness (QED) is 0.539. The number of nitriles is 1. The SMILES string of the molecule is N#CC1=CC/C(=C\N)C=C1. The van der Waals surface area contributed by atoms with Gasteiger partial charge in [-0.25, -0.2) is 0 Å². The van der Waals surface area contributed by atoms with E-state index in [4.69, 9.17) is 11.0 Å². The van der Waals surface area contributed by atoms with Gasteiger partial charge in [0.05, 0.1) is 6.07 Å². The fraction of sp³-hybridized carbons (Fsp3) is 0.125. The van der Waals surface area contributed by atoms with Crippen LogP contribution in [0, 0.1) is 11.3 Å². The van der Waals surface area contributed by atoms with Crippen LogP contribution < -0.4 is 5.73 Å². The van der Waals surface area contributed by atoms with Gasteiger partial charge in [0.25, 0.3) is 0 Å². The molecule has 0 saturated heterocycles. The zero-order valence-corrected chi connectivity index (χ0v) is 5.54. The summed E-state index contributed by atoms with van der Waals surface area (Å²) in [6.07, 6.45) is 7.82. The Kier molecular flexibility index (Phi) is 1.91. The van der Waals surface area contributed by atoms with Crippen molar-refractivity contribution in [2.24, 2.45) is 5.73 Å². The number of rotatable bonds is 0. The third-order valence-electron chi connectivity index (χ3n) is 1.38. The molecule has 0 aliphatic heterocycles. The molecule has 2 heteroatoms. The van der Waals surface area contributed by atoms with Crippen LogP contribution in [-0.4, -0.2) is 0 Å². The van der Waals surface area contributed by atoms with E-state index in [1.165, 1.54) is 0 Å². The molecule has 0 radical (unpaired) electrons. The van der Waals surface area contributed by atoms with Crippen molar-refractivity contribution in [2.45, 2.75) is 6.42 Å². The molecular weight excluding hydrogens is 124 g/mol. The van der Waals surface area contributed by atoms with E-state index in [0.29, 0.717) is 5.57 Å². The van der Waals surface area contributed by atoms with Gasteiger partial charge in [0.15, 0.2) is 0 Å². The summed E-state index contributed by atoms with van der Waals surface area (Å²) < 4.78 is 0. The van der Waals surface area contributed by atoms with Crippen molar-refractivity contribution in [3.63, 3.8) is 0 Å². The Morgan fingerprint density at radius 3 is 2.80 bits per heavy atom. The van der Waals surface area contributed by atoms with Crippen molar-refractivity contribution < 1.29 is 0 Å². The zero-order valence-electron chi connectivity index (χ0n) is 5.54. The Hall–Kier alpha value is -1.49. The summed E-state index contributed by atoms with van der Waals surface area (Å²) in [4.78, 5) is 0. The van der Waals surface area contributed by atoms with E-state index < -0.39 is 0 Å². The van der Waals surface area contributed by atoms with Crippen LogP contribution in [0.4, 0.5) is 0 Å². The Balaban J connectivity index is 2.75. The monoisotopic (exact) mass is 132 g/mol. The minimum Gasteiger partial charge on any atom is -0.404 e. The van der Waals surface area contributed by atoms with E-state index in [1.807, 2.05) is 12.2 Å². The molecule has 2 nitrogen and oxygen atoms in total. The van der Waals surface area contributed by atoms with E-state index in [1.54, 1.807) is 12.3 Å². The molecule has 10 heavy (non-hydrogen) atoms. The predicted molar refractivity (Wildman–Crippen MR) is 39.7 cm³/mol. The molecule has 0 aromatic carbocycles. The first-order valence-corrected chi connectivity index (χ1v) is 3.06. The number of hydrogen-bond donors (Lipinski definition) is 1. The van der Waals surface area contributed by atoms with Gasteiger partial charge in [-0.1, -0.05) is 12.2 Å². The van der Waals surface area contributed by atoms with Crippen LogP contribution in [0.3, 0.4) is 0 Å². The molecule has 50 valence electrons. The summed E-state index contributed by atoms with van der Waals surface area (Å²) in [6.45, 7) is 0. The van der Waals surface area contributed by atoms with Gasteiger partial charge in [0.1, 0.15) is 0 Å². The smallest absolute Gasteiger partial charge is 0.0988 e. The standard InChI is InChI=1S/C8H8N2/c9-5-7-1-2-8(6-10)4-3-7/h1-3,6H,4,10H2/b8-6-. The van der Waals surface area contributed by atoms with Gasteiger partial charge in [0.2, 0.25) is 0 Å². The van der Waals surface area contributed by atoms with Crippen LogP contribution in [-0.2, 0) is 0 Å². The first-order valence-electron chi connectivity index (χ1n) is 3.06. The van der Waals surface area contributed by atoms with Gasteiger partial charge in [-0.15, -0.1) is 0 Å². The summed E-state index contributed by atoms with van der Waals surface area (Å²) in [5.74, 6) is 0. The van der Waals surface area contributed by atoms with Gasteiger partial charge in [-0.2, -0.15) is 5.26 Å². The molecule has 0 heterocycles. The lowest BCUT2D eigenvalue weighted by Gasteiger charge is -2.00. The Labute approximate surface area is 60.0 Å². The van der Waals surface area contributed by atoms with Crippen molar-refractivity contribution in [3.05, 3.63) is 35.6 Å². The lowest BCUT2D eigenvalue weighted by Crippen LogP contribution is -1.89. The molecule has 0 unspecified atom stereocenters. The van der Waals surface area contributed by atoms with Crippen LogP contribution >= 0.6 is 0 Å². The maximum Gasteiger partial charge on any atom is 0.0988 e. The molecule has 0 aromatic heterocycles. The van der Waals surface area contributed by atoms with Gasteiger partial charge in [-0.05, 0) is 24.3 Å². The van der Waals surface area contributed by atoms with Crippen molar-refractivity contribution in [3.8, 4) is 6.07 Å². The van der Waals surface area contributed by atoms with Gasteiger partial charge >= 0.3 is 0 Å². The maximum absolute atomic E-state index is 8.43. The molecule has 0 fully saturated rings. The first kappa shape index (κ1) is 6.63. The van der Waals surface area contributed by atoms with Crippen LogP contribution in [0.25, 0.3) is 0 Å². The fourth-order valence-electron chi connectivity index (χ4n) is 0.767. The second-order valence-electron chi connectivity index (χ2n) is 2.05. The minimum atomic E-state index is 0.714. The predicted octanol–water partition coefficient (Wildman–Crippen LogP) is 1.24. The molecule has 0 aromatic rings.